The smallest absolute Gasteiger partial charge is 0.382 e. The molecule has 0 aliphatic heterocycles. The number of halogens is 4. The van der Waals surface area contributed by atoms with Crippen LogP contribution in [0.1, 0.15) is 5.56 Å². The number of hydrogen-bond donors (Lipinski definition) is 1. The Balaban J connectivity index is 2.82. The zero-order valence-corrected chi connectivity index (χ0v) is 10.2. The molecule has 3 nitrogen and oxygen atoms in total. The molecule has 1 N–H and O–H groups in total. The Morgan fingerprint density at radius 1 is 1.28 bits per heavy atom. The molecule has 1 aromatic carbocycles. The van der Waals surface area contributed by atoms with E-state index in [4.69, 9.17) is 0 Å². The standard InChI is InChI=1S/C10H11F4NO2S/c1-18(16,17)5-4-15-9-6-7(10(12,13)14)2-3-8(9)11/h2-3,6,15H,4-5H2,1H3. The molecule has 1 rings (SSSR count). The quantitative estimate of drug-likeness (QED) is 0.863. The van der Waals surface area contributed by atoms with Crippen LogP contribution in [0, 0.1) is 5.82 Å². The van der Waals surface area contributed by atoms with Crippen LogP contribution < -0.4 is 5.32 Å². The van der Waals surface area contributed by atoms with Gasteiger partial charge in [-0.05, 0) is 18.2 Å². The Hall–Kier alpha value is -1.31. The Morgan fingerprint density at radius 2 is 1.89 bits per heavy atom. The normalized spacial score (nSPS) is 12.5. The molecule has 0 bridgehead atoms. The van der Waals surface area contributed by atoms with E-state index in [1.807, 2.05) is 0 Å². The summed E-state index contributed by atoms with van der Waals surface area (Å²) >= 11 is 0. The van der Waals surface area contributed by atoms with Crippen LogP contribution in [0.15, 0.2) is 18.2 Å². The molecule has 0 fully saturated rings. The average Bonchev–Trinajstić information content (AvgIpc) is 2.17. The fraction of sp³-hybridized carbons (Fsp3) is 0.400. The van der Waals surface area contributed by atoms with Crippen LogP contribution in [0.5, 0.6) is 0 Å². The second-order valence-corrected chi connectivity index (χ2v) is 6.01. The lowest BCUT2D eigenvalue weighted by Crippen LogP contribution is -2.15. The van der Waals surface area contributed by atoms with Gasteiger partial charge in [0.25, 0.3) is 0 Å². The molecule has 0 radical (unpaired) electrons. The Bertz CT molecular complexity index is 525. The highest BCUT2D eigenvalue weighted by Gasteiger charge is 2.31. The summed E-state index contributed by atoms with van der Waals surface area (Å²) in [5.41, 5.74) is -1.36. The number of rotatable bonds is 4. The largest absolute Gasteiger partial charge is 0.416 e. The summed E-state index contributed by atoms with van der Waals surface area (Å²) < 4.78 is 71.9. The molecule has 0 aliphatic carbocycles. The van der Waals surface area contributed by atoms with Crippen LogP contribution in [0.4, 0.5) is 23.2 Å². The van der Waals surface area contributed by atoms with E-state index < -0.39 is 27.4 Å². The Morgan fingerprint density at radius 3 is 2.39 bits per heavy atom. The topological polar surface area (TPSA) is 46.2 Å². The number of nitrogens with one attached hydrogen (secondary N) is 1. The Kier molecular flexibility index (Phi) is 4.20. The van der Waals surface area contributed by atoms with Crippen molar-refractivity contribution in [2.24, 2.45) is 0 Å². The van der Waals surface area contributed by atoms with Gasteiger partial charge in [-0.3, -0.25) is 0 Å². The van der Waals surface area contributed by atoms with E-state index in [1.165, 1.54) is 0 Å². The highest BCUT2D eigenvalue weighted by Crippen LogP contribution is 2.31. The van der Waals surface area contributed by atoms with Gasteiger partial charge < -0.3 is 5.32 Å². The van der Waals surface area contributed by atoms with E-state index >= 15 is 0 Å². The van der Waals surface area contributed by atoms with Gasteiger partial charge in [0.05, 0.1) is 17.0 Å². The van der Waals surface area contributed by atoms with Gasteiger partial charge in [0.2, 0.25) is 0 Å². The average molecular weight is 285 g/mol. The van der Waals surface area contributed by atoms with Crippen molar-refractivity contribution in [3.05, 3.63) is 29.6 Å². The van der Waals surface area contributed by atoms with Gasteiger partial charge in [-0.15, -0.1) is 0 Å². The lowest BCUT2D eigenvalue weighted by Gasteiger charge is -2.11. The van der Waals surface area contributed by atoms with E-state index in [9.17, 15) is 26.0 Å². The van der Waals surface area contributed by atoms with Crippen LogP contribution in [0.3, 0.4) is 0 Å². The molecule has 0 heterocycles. The second kappa shape index (κ2) is 5.13. The van der Waals surface area contributed by atoms with E-state index in [2.05, 4.69) is 5.32 Å². The number of anilines is 1. The molecule has 0 amide bonds. The summed E-state index contributed by atoms with van der Waals surface area (Å²) in [6.45, 7) is -0.156. The van der Waals surface area contributed by atoms with Crippen molar-refractivity contribution in [2.75, 3.05) is 23.9 Å². The lowest BCUT2D eigenvalue weighted by molar-refractivity contribution is -0.137. The summed E-state index contributed by atoms with van der Waals surface area (Å²) in [6.07, 6.45) is -3.59. The summed E-state index contributed by atoms with van der Waals surface area (Å²) in [5.74, 6) is -1.15. The van der Waals surface area contributed by atoms with Gasteiger partial charge in [0.1, 0.15) is 15.7 Å². The fourth-order valence-electron chi connectivity index (χ4n) is 1.21. The summed E-state index contributed by atoms with van der Waals surface area (Å²) in [6, 6.07) is 1.92. The third kappa shape index (κ3) is 4.52. The maximum Gasteiger partial charge on any atom is 0.416 e. The van der Waals surface area contributed by atoms with Gasteiger partial charge in [-0.1, -0.05) is 0 Å². The van der Waals surface area contributed by atoms with Gasteiger partial charge in [-0.2, -0.15) is 13.2 Å². The fourth-order valence-corrected chi connectivity index (χ4v) is 1.68. The summed E-state index contributed by atoms with van der Waals surface area (Å²) in [4.78, 5) is 0. The lowest BCUT2D eigenvalue weighted by atomic mass is 10.2. The van der Waals surface area contributed by atoms with Crippen molar-refractivity contribution in [3.8, 4) is 0 Å². The van der Waals surface area contributed by atoms with E-state index in [0.717, 1.165) is 6.26 Å². The first-order valence-electron chi connectivity index (χ1n) is 4.88. The molecule has 0 aromatic heterocycles. The zero-order valence-electron chi connectivity index (χ0n) is 9.38. The molecule has 1 aromatic rings. The minimum absolute atomic E-state index is 0.156. The predicted molar refractivity (Wildman–Crippen MR) is 59.6 cm³/mol. The van der Waals surface area contributed by atoms with E-state index in [-0.39, 0.29) is 18.0 Å². The molecule has 0 saturated carbocycles. The third-order valence-electron chi connectivity index (χ3n) is 2.08. The number of benzene rings is 1. The monoisotopic (exact) mass is 285 g/mol. The van der Waals surface area contributed by atoms with Crippen LogP contribution in [0.2, 0.25) is 0 Å². The Labute approximate surface area is 102 Å². The molecule has 0 spiro atoms. The minimum Gasteiger partial charge on any atom is -0.382 e. The van der Waals surface area contributed by atoms with E-state index in [0.29, 0.717) is 18.2 Å². The predicted octanol–water partition coefficient (Wildman–Crippen LogP) is 2.30. The summed E-state index contributed by atoms with van der Waals surface area (Å²) in [5, 5.41) is 2.33. The minimum atomic E-state index is -4.57. The first-order valence-corrected chi connectivity index (χ1v) is 6.94. The van der Waals surface area contributed by atoms with Crippen molar-refractivity contribution in [3.63, 3.8) is 0 Å². The third-order valence-corrected chi connectivity index (χ3v) is 3.03. The SMILES string of the molecule is CS(=O)(=O)CCNc1cc(C(F)(F)F)ccc1F. The van der Waals surface area contributed by atoms with Crippen LogP contribution >= 0.6 is 0 Å². The molecular weight excluding hydrogens is 274 g/mol. The molecule has 0 aliphatic rings. The van der Waals surface area contributed by atoms with E-state index in [1.54, 1.807) is 0 Å². The van der Waals surface area contributed by atoms with Crippen molar-refractivity contribution in [1.82, 2.24) is 0 Å². The van der Waals surface area contributed by atoms with Gasteiger partial charge in [0.15, 0.2) is 0 Å². The maximum absolute atomic E-state index is 13.2. The molecule has 18 heavy (non-hydrogen) atoms. The van der Waals surface area contributed by atoms with Crippen molar-refractivity contribution >= 4 is 15.5 Å². The maximum atomic E-state index is 13.2. The first-order chi connectivity index (χ1) is 8.09. The highest BCUT2D eigenvalue weighted by molar-refractivity contribution is 7.90. The van der Waals surface area contributed by atoms with Crippen molar-refractivity contribution in [1.29, 1.82) is 0 Å². The van der Waals surface area contributed by atoms with Gasteiger partial charge in [-0.25, -0.2) is 12.8 Å². The molecule has 102 valence electrons. The molecule has 0 saturated heterocycles. The van der Waals surface area contributed by atoms with Crippen LogP contribution in [0.25, 0.3) is 0 Å². The number of alkyl halides is 3. The molecule has 0 atom stereocenters. The zero-order chi connectivity index (χ0) is 14.0. The second-order valence-electron chi connectivity index (χ2n) is 3.75. The molecule has 8 heteroatoms. The number of sulfone groups is 1. The van der Waals surface area contributed by atoms with Crippen LogP contribution in [-0.2, 0) is 16.0 Å². The summed E-state index contributed by atoms with van der Waals surface area (Å²) in [7, 11) is -3.25. The highest BCUT2D eigenvalue weighted by atomic mass is 32.2. The first kappa shape index (κ1) is 14.7. The number of hydrogen-bond acceptors (Lipinski definition) is 3. The molecular formula is C10H11F4NO2S. The van der Waals surface area contributed by atoms with Crippen molar-refractivity contribution < 1.29 is 26.0 Å². The van der Waals surface area contributed by atoms with Crippen LogP contribution in [-0.4, -0.2) is 27.0 Å². The molecule has 0 unspecified atom stereocenters. The van der Waals surface area contributed by atoms with Gasteiger partial charge in [0, 0.05) is 12.8 Å². The van der Waals surface area contributed by atoms with Gasteiger partial charge >= 0.3 is 6.18 Å². The van der Waals surface area contributed by atoms with Crippen molar-refractivity contribution in [2.45, 2.75) is 6.18 Å².